The molecule has 2 aromatic carbocycles. The van der Waals surface area contributed by atoms with E-state index in [-0.39, 0.29) is 0 Å². The van der Waals surface area contributed by atoms with Gasteiger partial charge in [-0.3, -0.25) is 0 Å². The molecule has 0 amide bonds. The van der Waals surface area contributed by atoms with Gasteiger partial charge in [-0.25, -0.2) is 0 Å². The second kappa shape index (κ2) is 9.86. The van der Waals surface area contributed by atoms with Crippen LogP contribution in [0.1, 0.15) is 55.4 Å². The van der Waals surface area contributed by atoms with Crippen molar-refractivity contribution in [2.75, 3.05) is 0 Å². The van der Waals surface area contributed by atoms with E-state index in [1.54, 1.807) is 0 Å². The van der Waals surface area contributed by atoms with Crippen molar-refractivity contribution in [1.82, 2.24) is 0 Å². The second-order valence-corrected chi connectivity index (χ2v) is 8.59. The summed E-state index contributed by atoms with van der Waals surface area (Å²) in [4.78, 5) is 0. The molecule has 4 rings (SSSR count). The molecule has 2 aliphatic carbocycles. The van der Waals surface area contributed by atoms with E-state index >= 15 is 0 Å². The zero-order valence-electron chi connectivity index (χ0n) is 19.2. The smallest absolute Gasteiger partial charge is 0.0242 e. The molecule has 32 heavy (non-hydrogen) atoms. The first-order valence-electron chi connectivity index (χ1n) is 11.5. The van der Waals surface area contributed by atoms with E-state index in [9.17, 15) is 0 Å². The van der Waals surface area contributed by atoms with Crippen molar-refractivity contribution in [3.8, 4) is 0 Å². The number of hydrogen-bond donors (Lipinski definition) is 0. The molecule has 0 aliphatic heterocycles. The van der Waals surface area contributed by atoms with Gasteiger partial charge in [0.05, 0.1) is 0 Å². The van der Waals surface area contributed by atoms with E-state index in [0.29, 0.717) is 0 Å². The molecule has 2 aromatic rings. The van der Waals surface area contributed by atoms with Crippen LogP contribution in [0, 0.1) is 6.42 Å². The first kappa shape index (κ1) is 21.9. The van der Waals surface area contributed by atoms with Gasteiger partial charge < -0.3 is 0 Å². The molecular weight excluding hydrogens is 384 g/mol. The van der Waals surface area contributed by atoms with Crippen LogP contribution in [0.15, 0.2) is 66.3 Å². The molecule has 0 fully saturated rings. The molecule has 0 heteroatoms. The highest BCUT2D eigenvalue weighted by atomic mass is 14.2. The lowest BCUT2D eigenvalue weighted by Gasteiger charge is -2.14. The zero-order chi connectivity index (χ0) is 22.5. The van der Waals surface area contributed by atoms with Gasteiger partial charge in [-0.15, -0.1) is 5.73 Å². The molecule has 0 saturated heterocycles. The Morgan fingerprint density at radius 2 is 1.88 bits per heavy atom. The van der Waals surface area contributed by atoms with Crippen molar-refractivity contribution in [3.63, 3.8) is 0 Å². The summed E-state index contributed by atoms with van der Waals surface area (Å²) in [5, 5.41) is 4.41. The Morgan fingerprint density at radius 1 is 1.00 bits per heavy atom. The monoisotopic (exact) mass is 415 g/mol. The minimum Gasteiger partial charge on any atom is -0.113 e. The molecule has 0 N–H and O–H groups in total. The van der Waals surface area contributed by atoms with E-state index < -0.39 is 0 Å². The van der Waals surface area contributed by atoms with Crippen molar-refractivity contribution in [1.29, 1.82) is 0 Å². The third kappa shape index (κ3) is 4.77. The summed E-state index contributed by atoms with van der Waals surface area (Å²) < 4.78 is 0. The van der Waals surface area contributed by atoms with Gasteiger partial charge in [0, 0.05) is 11.6 Å². The van der Waals surface area contributed by atoms with Crippen LogP contribution in [0.25, 0.3) is 36.6 Å². The van der Waals surface area contributed by atoms with Crippen LogP contribution in [0.5, 0.6) is 0 Å². The Labute approximate surface area is 192 Å². The Balaban J connectivity index is 1.95. The number of rotatable bonds is 2. The lowest BCUT2D eigenvalue weighted by Crippen LogP contribution is -2.46. The Hall–Kier alpha value is -3.34. The zero-order valence-corrected chi connectivity index (χ0v) is 19.2. The van der Waals surface area contributed by atoms with Gasteiger partial charge in [-0.1, -0.05) is 79.5 Å². The molecule has 2 aliphatic rings. The van der Waals surface area contributed by atoms with Crippen LogP contribution in [0.3, 0.4) is 0 Å². The lowest BCUT2D eigenvalue weighted by atomic mass is 9.90. The standard InChI is InChI=1S/C32H31/c1-5-10-31-29(18-16-26-13-8-6-11-23(2)15-20-32(26)31)22-27-17-19-28-21-24(3)12-7-9-14-30(28)25(27)4/h5,7-10,12-14,16-19,22H,2,4,6,11,15,20H2,1,3H3/b9-7-,10-5+,13-8-,27-22-,30-14-. The third-order valence-electron chi connectivity index (χ3n) is 6.21. The highest BCUT2D eigenvalue weighted by Gasteiger charge is 2.11. The van der Waals surface area contributed by atoms with E-state index in [1.165, 1.54) is 27.8 Å². The quantitative estimate of drug-likeness (QED) is 0.596. The average molecular weight is 416 g/mol. The number of fused-ring (bicyclic) bond motifs is 2. The predicted octanol–water partition coefficient (Wildman–Crippen LogP) is 5.13. The molecule has 0 saturated carbocycles. The van der Waals surface area contributed by atoms with Crippen molar-refractivity contribution in [3.05, 3.63) is 116 Å². The van der Waals surface area contributed by atoms with Crippen molar-refractivity contribution in [2.45, 2.75) is 39.5 Å². The van der Waals surface area contributed by atoms with Crippen LogP contribution in [0.4, 0.5) is 0 Å². The van der Waals surface area contributed by atoms with Gasteiger partial charge in [0.15, 0.2) is 0 Å². The van der Waals surface area contributed by atoms with Crippen molar-refractivity contribution in [2.24, 2.45) is 0 Å². The second-order valence-electron chi connectivity index (χ2n) is 8.59. The summed E-state index contributed by atoms with van der Waals surface area (Å²) in [5.74, 6) is 0. The number of benzene rings is 2. The molecule has 0 unspecified atom stereocenters. The maximum absolute atomic E-state index is 4.44. The third-order valence-corrected chi connectivity index (χ3v) is 6.21. The maximum atomic E-state index is 4.44. The fourth-order valence-corrected chi connectivity index (χ4v) is 4.44. The molecule has 0 atom stereocenters. The van der Waals surface area contributed by atoms with Gasteiger partial charge in [0.2, 0.25) is 0 Å². The Bertz CT molecular complexity index is 1410. The number of allylic oxidation sites excluding steroid dienone is 6. The molecule has 159 valence electrons. The van der Waals surface area contributed by atoms with Crippen LogP contribution in [-0.4, -0.2) is 0 Å². The summed E-state index contributed by atoms with van der Waals surface area (Å²) in [6, 6.07) is 8.84. The Kier molecular flexibility index (Phi) is 6.74. The van der Waals surface area contributed by atoms with Gasteiger partial charge in [0.25, 0.3) is 0 Å². The minimum absolute atomic E-state index is 1.02. The maximum Gasteiger partial charge on any atom is 0.0242 e. The van der Waals surface area contributed by atoms with E-state index in [0.717, 1.165) is 52.1 Å². The molecule has 0 bridgehead atoms. The normalized spacial score (nSPS) is 19.7. The largest absolute Gasteiger partial charge is 0.113 e. The minimum atomic E-state index is 1.02. The molecule has 0 spiro atoms. The topological polar surface area (TPSA) is 0 Å². The number of hydrogen-bond acceptors (Lipinski definition) is 0. The van der Waals surface area contributed by atoms with Crippen LogP contribution >= 0.6 is 0 Å². The summed E-state index contributed by atoms with van der Waals surface area (Å²) in [6.07, 6.45) is 23.8. The van der Waals surface area contributed by atoms with E-state index in [2.05, 4.69) is 112 Å². The molecule has 0 nitrogen and oxygen atoms in total. The van der Waals surface area contributed by atoms with Crippen molar-refractivity contribution < 1.29 is 0 Å². The van der Waals surface area contributed by atoms with E-state index in [1.807, 2.05) is 0 Å². The lowest BCUT2D eigenvalue weighted by molar-refractivity contribution is 0.858. The predicted molar refractivity (Wildman–Crippen MR) is 141 cm³/mol. The molecular formula is C32H31. The SMILES string of the molecule is C=C1CC/C=C\c2ccc(/C=c3/ccc4/c(c3=C)=C\C=C/[CH]C(C)=C=4)c(/C=C/C)c2CC1. The summed E-state index contributed by atoms with van der Waals surface area (Å²) in [7, 11) is 0. The van der Waals surface area contributed by atoms with Gasteiger partial charge >= 0.3 is 0 Å². The highest BCUT2D eigenvalue weighted by molar-refractivity contribution is 5.73. The Morgan fingerprint density at radius 3 is 2.72 bits per heavy atom. The van der Waals surface area contributed by atoms with Crippen molar-refractivity contribution >= 4 is 36.6 Å². The van der Waals surface area contributed by atoms with Crippen LogP contribution < -0.4 is 20.9 Å². The molecule has 0 heterocycles. The fourth-order valence-electron chi connectivity index (χ4n) is 4.44. The van der Waals surface area contributed by atoms with Crippen LogP contribution in [-0.2, 0) is 6.42 Å². The molecule has 0 aromatic heterocycles. The van der Waals surface area contributed by atoms with E-state index in [4.69, 9.17) is 0 Å². The molecule has 1 radical (unpaired) electrons. The summed E-state index contributed by atoms with van der Waals surface area (Å²) in [5.41, 5.74) is 11.2. The average Bonchev–Trinajstić information content (AvgIpc) is 2.85. The summed E-state index contributed by atoms with van der Waals surface area (Å²) >= 11 is 0. The van der Waals surface area contributed by atoms with Crippen LogP contribution in [0.2, 0.25) is 0 Å². The highest BCUT2D eigenvalue weighted by Crippen LogP contribution is 2.27. The van der Waals surface area contributed by atoms with Gasteiger partial charge in [-0.05, 0) is 95.2 Å². The summed E-state index contributed by atoms with van der Waals surface area (Å²) in [6.45, 7) is 12.9. The van der Waals surface area contributed by atoms with Gasteiger partial charge in [0.1, 0.15) is 0 Å². The first-order chi connectivity index (χ1) is 15.6. The fraction of sp³-hybridized carbons (Fsp3) is 0.188. The first-order valence-corrected chi connectivity index (χ1v) is 11.5. The van der Waals surface area contributed by atoms with Gasteiger partial charge in [-0.2, -0.15) is 0 Å².